The van der Waals surface area contributed by atoms with E-state index < -0.39 is 5.25 Å². The molecule has 0 radical (unpaired) electrons. The average Bonchev–Trinajstić information content (AvgIpc) is 3.01. The molecule has 1 N–H and O–H groups in total. The molecule has 7 heteroatoms. The van der Waals surface area contributed by atoms with Crippen LogP contribution in [0.2, 0.25) is 0 Å². The third-order valence-corrected chi connectivity index (χ3v) is 6.34. The Kier molecular flexibility index (Phi) is 6.61. The molecule has 6 nitrogen and oxygen atoms in total. The van der Waals surface area contributed by atoms with Gasteiger partial charge in [-0.1, -0.05) is 37.2 Å². The zero-order valence-corrected chi connectivity index (χ0v) is 18.9. The average molecular weight is 426 g/mol. The van der Waals surface area contributed by atoms with Crippen molar-refractivity contribution >= 4 is 34.2 Å². The number of thioether (sulfide) groups is 1. The monoisotopic (exact) mass is 425 g/mol. The van der Waals surface area contributed by atoms with Gasteiger partial charge in [0.15, 0.2) is 16.7 Å². The minimum absolute atomic E-state index is 0.0646. The van der Waals surface area contributed by atoms with Crippen LogP contribution in [0.15, 0.2) is 34.2 Å². The van der Waals surface area contributed by atoms with Crippen LogP contribution in [-0.2, 0) is 6.54 Å². The molecule has 0 fully saturated rings. The van der Waals surface area contributed by atoms with Crippen LogP contribution in [-0.4, -0.2) is 31.4 Å². The van der Waals surface area contributed by atoms with Gasteiger partial charge in [-0.3, -0.25) is 19.0 Å². The van der Waals surface area contributed by atoms with Gasteiger partial charge in [-0.2, -0.15) is 0 Å². The number of H-pyrrole nitrogens is 1. The Morgan fingerprint density at radius 2 is 1.93 bits per heavy atom. The predicted molar refractivity (Wildman–Crippen MR) is 121 cm³/mol. The fourth-order valence-corrected chi connectivity index (χ4v) is 4.68. The highest BCUT2D eigenvalue weighted by Gasteiger charge is 2.26. The zero-order chi connectivity index (χ0) is 22.0. The molecule has 0 aliphatic heterocycles. The molecule has 0 saturated heterocycles. The lowest BCUT2D eigenvalue weighted by molar-refractivity contribution is 0.0988. The lowest BCUT2D eigenvalue weighted by Crippen LogP contribution is -2.25. The number of carbonyl (C=O) groups is 2. The molecule has 1 aromatic carbocycles. The summed E-state index contributed by atoms with van der Waals surface area (Å²) in [7, 11) is 0. The molecule has 0 unspecified atom stereocenters. The van der Waals surface area contributed by atoms with E-state index in [0.717, 1.165) is 12.8 Å². The predicted octanol–water partition coefficient (Wildman–Crippen LogP) is 4.71. The molecule has 0 saturated carbocycles. The molecule has 3 rings (SSSR count). The van der Waals surface area contributed by atoms with Gasteiger partial charge in [0, 0.05) is 17.8 Å². The number of benzene rings is 1. The van der Waals surface area contributed by atoms with Gasteiger partial charge in [-0.25, -0.2) is 4.98 Å². The van der Waals surface area contributed by atoms with E-state index in [-0.39, 0.29) is 17.1 Å². The topological polar surface area (TPSA) is 84.8 Å². The van der Waals surface area contributed by atoms with Crippen LogP contribution in [0.25, 0.3) is 10.9 Å². The largest absolute Gasteiger partial charge is 0.355 e. The molecule has 158 valence electrons. The number of Topliss-reactive ketones (excluding diaryl/α,β-unsaturated/α-hetero) is 2. The van der Waals surface area contributed by atoms with Gasteiger partial charge in [0.25, 0.3) is 5.56 Å². The van der Waals surface area contributed by atoms with Crippen LogP contribution in [0.4, 0.5) is 0 Å². The first kappa shape index (κ1) is 22.0. The molecule has 2 heterocycles. The summed E-state index contributed by atoms with van der Waals surface area (Å²) in [6, 6.07) is 7.28. The number of rotatable bonds is 8. The molecule has 1 atom stereocenters. The second kappa shape index (κ2) is 9.00. The summed E-state index contributed by atoms with van der Waals surface area (Å²) in [5, 5.41) is 0.655. The van der Waals surface area contributed by atoms with E-state index in [1.165, 1.54) is 18.7 Å². The number of ketones is 2. The Hall–Kier alpha value is -2.67. The lowest BCUT2D eigenvalue weighted by Gasteiger charge is -2.15. The smallest absolute Gasteiger partial charge is 0.262 e. The second-order valence-electron chi connectivity index (χ2n) is 7.53. The van der Waals surface area contributed by atoms with Crippen molar-refractivity contribution in [2.45, 2.75) is 64.4 Å². The van der Waals surface area contributed by atoms with Gasteiger partial charge >= 0.3 is 0 Å². The Bertz CT molecular complexity index is 1180. The van der Waals surface area contributed by atoms with Crippen molar-refractivity contribution in [1.29, 1.82) is 0 Å². The standard InChI is InChI=1S/C23H27N3O3S/c1-6-7-12-26-22(29)17-10-8-9-11-18(17)25-23(26)30-16(5)21(28)20-13(2)19(15(4)27)14(3)24-20/h8-11,16,24H,6-7,12H2,1-5H3/t16-/m0/s1. The minimum atomic E-state index is -0.470. The van der Waals surface area contributed by atoms with E-state index >= 15 is 0 Å². The fourth-order valence-electron chi connectivity index (χ4n) is 3.69. The first-order chi connectivity index (χ1) is 14.3. The third-order valence-electron chi connectivity index (χ3n) is 5.25. The second-order valence-corrected chi connectivity index (χ2v) is 8.84. The van der Waals surface area contributed by atoms with Crippen LogP contribution >= 0.6 is 11.8 Å². The highest BCUT2D eigenvalue weighted by Crippen LogP contribution is 2.27. The number of nitrogens with one attached hydrogen (secondary N) is 1. The number of aromatic nitrogens is 3. The maximum atomic E-state index is 13.2. The van der Waals surface area contributed by atoms with Crippen molar-refractivity contribution in [3.05, 3.63) is 57.1 Å². The molecule has 0 spiro atoms. The number of aryl methyl sites for hydroxylation is 1. The van der Waals surface area contributed by atoms with Crippen LogP contribution in [0.5, 0.6) is 0 Å². The van der Waals surface area contributed by atoms with Crippen molar-refractivity contribution < 1.29 is 9.59 Å². The van der Waals surface area contributed by atoms with Crippen molar-refractivity contribution in [1.82, 2.24) is 14.5 Å². The van der Waals surface area contributed by atoms with E-state index in [2.05, 4.69) is 16.9 Å². The summed E-state index contributed by atoms with van der Waals surface area (Å²) < 4.78 is 1.67. The molecule has 3 aromatic rings. The summed E-state index contributed by atoms with van der Waals surface area (Å²) in [5.41, 5.74) is 2.93. The maximum absolute atomic E-state index is 13.2. The van der Waals surface area contributed by atoms with Crippen LogP contribution in [0.3, 0.4) is 0 Å². The van der Waals surface area contributed by atoms with E-state index in [1.54, 1.807) is 24.5 Å². The first-order valence-electron chi connectivity index (χ1n) is 10.2. The highest BCUT2D eigenvalue weighted by molar-refractivity contribution is 8.00. The summed E-state index contributed by atoms with van der Waals surface area (Å²) >= 11 is 1.28. The third kappa shape index (κ3) is 4.12. The van der Waals surface area contributed by atoms with Crippen molar-refractivity contribution in [2.24, 2.45) is 0 Å². The molecular weight excluding hydrogens is 398 g/mol. The van der Waals surface area contributed by atoms with E-state index in [1.807, 2.05) is 25.1 Å². The summed E-state index contributed by atoms with van der Waals surface area (Å²) in [5.74, 6) is -0.178. The number of carbonyl (C=O) groups excluding carboxylic acids is 2. The summed E-state index contributed by atoms with van der Waals surface area (Å²) in [6.45, 7) is 9.53. The Labute approximate surface area is 180 Å². The van der Waals surface area contributed by atoms with Crippen LogP contribution in [0.1, 0.15) is 65.7 Å². The molecule has 30 heavy (non-hydrogen) atoms. The molecule has 0 bridgehead atoms. The first-order valence-corrected chi connectivity index (χ1v) is 11.0. The molecule has 0 aliphatic rings. The number of aromatic amines is 1. The van der Waals surface area contributed by atoms with E-state index in [0.29, 0.717) is 45.1 Å². The fraction of sp³-hybridized carbons (Fsp3) is 0.391. The van der Waals surface area contributed by atoms with Gasteiger partial charge in [0.2, 0.25) is 0 Å². The van der Waals surface area contributed by atoms with Crippen molar-refractivity contribution in [2.75, 3.05) is 0 Å². The Balaban J connectivity index is 1.99. The number of hydrogen-bond donors (Lipinski definition) is 1. The zero-order valence-electron chi connectivity index (χ0n) is 18.0. The van der Waals surface area contributed by atoms with Crippen molar-refractivity contribution in [3.63, 3.8) is 0 Å². The molecular formula is C23H27N3O3S. The Morgan fingerprint density at radius 1 is 1.23 bits per heavy atom. The van der Waals surface area contributed by atoms with Gasteiger partial charge in [0.1, 0.15) is 0 Å². The molecule has 2 aromatic heterocycles. The molecule has 0 amide bonds. The highest BCUT2D eigenvalue weighted by atomic mass is 32.2. The van der Waals surface area contributed by atoms with E-state index in [9.17, 15) is 14.4 Å². The van der Waals surface area contributed by atoms with E-state index in [4.69, 9.17) is 0 Å². The summed E-state index contributed by atoms with van der Waals surface area (Å²) in [4.78, 5) is 45.9. The maximum Gasteiger partial charge on any atom is 0.262 e. The van der Waals surface area contributed by atoms with Gasteiger partial charge in [0.05, 0.1) is 21.8 Å². The quantitative estimate of drug-likeness (QED) is 0.321. The van der Waals surface area contributed by atoms with Crippen LogP contribution in [0, 0.1) is 13.8 Å². The van der Waals surface area contributed by atoms with Gasteiger partial charge in [-0.05, 0) is 51.8 Å². The van der Waals surface area contributed by atoms with Gasteiger partial charge in [-0.15, -0.1) is 0 Å². The lowest BCUT2D eigenvalue weighted by atomic mass is 10.0. The normalized spacial score (nSPS) is 12.3. The minimum Gasteiger partial charge on any atom is -0.355 e. The number of fused-ring (bicyclic) bond motifs is 1. The van der Waals surface area contributed by atoms with Crippen molar-refractivity contribution in [3.8, 4) is 0 Å². The van der Waals surface area contributed by atoms with Crippen LogP contribution < -0.4 is 5.56 Å². The number of unbranched alkanes of at least 4 members (excludes halogenated alkanes) is 1. The Morgan fingerprint density at radius 3 is 2.57 bits per heavy atom. The van der Waals surface area contributed by atoms with Gasteiger partial charge < -0.3 is 4.98 Å². The molecule has 0 aliphatic carbocycles. The summed E-state index contributed by atoms with van der Waals surface area (Å²) in [6.07, 6.45) is 1.80. The SMILES string of the molecule is CCCCn1c(S[C@@H](C)C(=O)c2[nH]c(C)c(C(C)=O)c2C)nc2ccccc2c1=O. The number of para-hydroxylation sites is 1. The number of nitrogens with zero attached hydrogens (tertiary/aromatic N) is 2. The number of hydrogen-bond acceptors (Lipinski definition) is 5.